The molecule has 0 aliphatic heterocycles. The molecular formula is C4H6O6. The van der Waals surface area contributed by atoms with Gasteiger partial charge in [-0.2, -0.15) is 0 Å². The van der Waals surface area contributed by atoms with Crippen molar-refractivity contribution < 1.29 is 29.9 Å². The highest BCUT2D eigenvalue weighted by Crippen LogP contribution is 2.08. The molecule has 0 rings (SSSR count). The smallest absolute Gasteiger partial charge is 0.350 e. The lowest BCUT2D eigenvalue weighted by atomic mass is 10.1. The van der Waals surface area contributed by atoms with E-state index in [1.54, 1.807) is 0 Å². The van der Waals surface area contributed by atoms with Crippen LogP contribution in [0, 0.1) is 0 Å². The van der Waals surface area contributed by atoms with Crippen molar-refractivity contribution in [1.82, 2.24) is 0 Å². The monoisotopic (exact) mass is 150 g/mol. The molecule has 0 spiro atoms. The third-order valence-corrected chi connectivity index (χ3v) is 0.999. The minimum absolute atomic E-state index is 0.720. The summed E-state index contributed by atoms with van der Waals surface area (Å²) in [4.78, 5) is 23.3. The molecule has 0 aromatic heterocycles. The molecular weight excluding hydrogens is 144 g/mol. The zero-order chi connectivity index (χ0) is 8.36. The van der Waals surface area contributed by atoms with Crippen LogP contribution in [0.1, 0.15) is 6.92 Å². The standard InChI is InChI=1S/C4H6O6/c1-4(10-9,2(5)6)3(7)8/h9H,1H3,(H,5,6)(H,7,8). The summed E-state index contributed by atoms with van der Waals surface area (Å²) in [6.07, 6.45) is 0. The predicted molar refractivity (Wildman–Crippen MR) is 27.4 cm³/mol. The first kappa shape index (κ1) is 8.86. The van der Waals surface area contributed by atoms with E-state index in [2.05, 4.69) is 4.89 Å². The SMILES string of the molecule is CC(OO)(C(=O)O)C(=O)O. The Labute approximate surface area is 55.6 Å². The van der Waals surface area contributed by atoms with E-state index in [9.17, 15) is 9.59 Å². The maximum atomic E-state index is 10.0. The van der Waals surface area contributed by atoms with Gasteiger partial charge in [0.25, 0.3) is 5.60 Å². The molecule has 0 saturated heterocycles. The quantitative estimate of drug-likeness (QED) is 0.282. The number of carbonyl (C=O) groups is 2. The van der Waals surface area contributed by atoms with Gasteiger partial charge in [0.05, 0.1) is 0 Å². The Balaban J connectivity index is 4.55. The Kier molecular flexibility index (Phi) is 2.33. The Bertz CT molecular complexity index is 147. The Hall–Kier alpha value is -1.14. The maximum absolute atomic E-state index is 10.0. The summed E-state index contributed by atoms with van der Waals surface area (Å²) < 4.78 is 0. The number of hydrogen-bond acceptors (Lipinski definition) is 4. The molecule has 6 nitrogen and oxygen atoms in total. The third-order valence-electron chi connectivity index (χ3n) is 0.999. The van der Waals surface area contributed by atoms with Gasteiger partial charge in [-0.3, -0.25) is 5.26 Å². The van der Waals surface area contributed by atoms with E-state index in [-0.39, 0.29) is 0 Å². The molecule has 58 valence electrons. The molecule has 0 fully saturated rings. The summed E-state index contributed by atoms with van der Waals surface area (Å²) in [5, 5.41) is 24.1. The van der Waals surface area contributed by atoms with Crippen LogP contribution in [0.15, 0.2) is 0 Å². The fraction of sp³-hybridized carbons (Fsp3) is 0.500. The molecule has 6 heteroatoms. The van der Waals surface area contributed by atoms with E-state index in [0.29, 0.717) is 0 Å². The van der Waals surface area contributed by atoms with Gasteiger partial charge in [-0.25, -0.2) is 14.5 Å². The Morgan fingerprint density at radius 1 is 1.30 bits per heavy atom. The number of aliphatic carboxylic acids is 2. The topological polar surface area (TPSA) is 104 Å². The summed E-state index contributed by atoms with van der Waals surface area (Å²) in [5.41, 5.74) is -2.57. The molecule has 0 saturated carbocycles. The van der Waals surface area contributed by atoms with Gasteiger partial charge in [0.15, 0.2) is 0 Å². The van der Waals surface area contributed by atoms with Gasteiger partial charge in [0.1, 0.15) is 0 Å². The number of hydrogen-bond donors (Lipinski definition) is 3. The van der Waals surface area contributed by atoms with E-state index in [0.717, 1.165) is 6.92 Å². The van der Waals surface area contributed by atoms with Crippen molar-refractivity contribution in [3.05, 3.63) is 0 Å². The predicted octanol–water partition coefficient (Wildman–Crippen LogP) is -0.596. The lowest BCUT2D eigenvalue weighted by Gasteiger charge is -2.13. The van der Waals surface area contributed by atoms with Gasteiger partial charge in [-0.05, 0) is 6.92 Å². The van der Waals surface area contributed by atoms with Gasteiger partial charge in [-0.15, -0.1) is 0 Å². The minimum Gasteiger partial charge on any atom is -0.479 e. The van der Waals surface area contributed by atoms with Gasteiger partial charge in [0, 0.05) is 0 Å². The molecule has 0 amide bonds. The lowest BCUT2D eigenvalue weighted by Crippen LogP contribution is -2.45. The largest absolute Gasteiger partial charge is 0.479 e. The van der Waals surface area contributed by atoms with Crippen LogP contribution in [-0.4, -0.2) is 33.0 Å². The summed E-state index contributed by atoms with van der Waals surface area (Å²) in [5.74, 6) is -3.52. The van der Waals surface area contributed by atoms with E-state index >= 15 is 0 Å². The molecule has 0 aliphatic carbocycles. The maximum Gasteiger partial charge on any atom is 0.350 e. The molecule has 3 N–H and O–H groups in total. The van der Waals surface area contributed by atoms with E-state index < -0.39 is 17.5 Å². The number of rotatable bonds is 3. The van der Waals surface area contributed by atoms with Crippen molar-refractivity contribution >= 4 is 11.9 Å². The normalized spacial score (nSPS) is 11.0. The third kappa shape index (κ3) is 1.23. The van der Waals surface area contributed by atoms with Crippen molar-refractivity contribution in [2.45, 2.75) is 12.5 Å². The average Bonchev–Trinajstić information content (AvgIpc) is 1.85. The lowest BCUT2D eigenvalue weighted by molar-refractivity contribution is -0.306. The average molecular weight is 150 g/mol. The van der Waals surface area contributed by atoms with Crippen molar-refractivity contribution in [3.63, 3.8) is 0 Å². The molecule has 0 heterocycles. The zero-order valence-corrected chi connectivity index (χ0v) is 5.07. The summed E-state index contributed by atoms with van der Waals surface area (Å²) in [6, 6.07) is 0. The number of carboxylic acids is 2. The van der Waals surface area contributed by atoms with Crippen LogP contribution < -0.4 is 0 Å². The minimum atomic E-state index is -2.57. The van der Waals surface area contributed by atoms with Crippen LogP contribution in [0.3, 0.4) is 0 Å². The summed E-state index contributed by atoms with van der Waals surface area (Å²) >= 11 is 0. The van der Waals surface area contributed by atoms with Crippen molar-refractivity contribution in [1.29, 1.82) is 0 Å². The fourth-order valence-electron chi connectivity index (χ4n) is 0.170. The fourth-order valence-corrected chi connectivity index (χ4v) is 0.170. The highest BCUT2D eigenvalue weighted by molar-refractivity contribution is 6.01. The van der Waals surface area contributed by atoms with Crippen LogP contribution in [0.5, 0.6) is 0 Å². The van der Waals surface area contributed by atoms with Crippen LogP contribution in [0.4, 0.5) is 0 Å². The van der Waals surface area contributed by atoms with Gasteiger partial charge < -0.3 is 10.2 Å². The molecule has 0 aliphatic rings. The van der Waals surface area contributed by atoms with Crippen molar-refractivity contribution in [3.8, 4) is 0 Å². The van der Waals surface area contributed by atoms with Crippen molar-refractivity contribution in [2.24, 2.45) is 0 Å². The number of carboxylic acid groups (broad SMARTS) is 2. The summed E-state index contributed by atoms with van der Waals surface area (Å²) in [6.45, 7) is 0.720. The molecule has 0 bridgehead atoms. The zero-order valence-electron chi connectivity index (χ0n) is 5.07. The highest BCUT2D eigenvalue weighted by atomic mass is 17.1. The Morgan fingerprint density at radius 3 is 1.60 bits per heavy atom. The molecule has 0 radical (unpaired) electrons. The first-order chi connectivity index (χ1) is 4.45. The molecule has 0 atom stereocenters. The van der Waals surface area contributed by atoms with Crippen LogP contribution in [0.2, 0.25) is 0 Å². The second kappa shape index (κ2) is 2.63. The van der Waals surface area contributed by atoms with Crippen LogP contribution in [-0.2, 0) is 14.5 Å². The highest BCUT2D eigenvalue weighted by Gasteiger charge is 2.44. The first-order valence-electron chi connectivity index (χ1n) is 2.24. The molecule has 0 aromatic carbocycles. The summed E-state index contributed by atoms with van der Waals surface area (Å²) in [7, 11) is 0. The van der Waals surface area contributed by atoms with Crippen LogP contribution >= 0.6 is 0 Å². The van der Waals surface area contributed by atoms with Gasteiger partial charge >= 0.3 is 11.9 Å². The van der Waals surface area contributed by atoms with Crippen molar-refractivity contribution in [2.75, 3.05) is 0 Å². The molecule has 10 heavy (non-hydrogen) atoms. The van der Waals surface area contributed by atoms with Gasteiger partial charge in [-0.1, -0.05) is 0 Å². The van der Waals surface area contributed by atoms with E-state index in [1.807, 2.05) is 0 Å². The van der Waals surface area contributed by atoms with E-state index in [4.69, 9.17) is 15.5 Å². The van der Waals surface area contributed by atoms with Gasteiger partial charge in [0.2, 0.25) is 0 Å². The second-order valence-corrected chi connectivity index (χ2v) is 1.73. The first-order valence-corrected chi connectivity index (χ1v) is 2.24. The second-order valence-electron chi connectivity index (χ2n) is 1.73. The van der Waals surface area contributed by atoms with E-state index in [1.165, 1.54) is 0 Å². The van der Waals surface area contributed by atoms with Crippen LogP contribution in [0.25, 0.3) is 0 Å². The molecule has 0 unspecified atom stereocenters. The Morgan fingerprint density at radius 2 is 1.60 bits per heavy atom. The molecule has 0 aromatic rings.